The van der Waals surface area contributed by atoms with Gasteiger partial charge < -0.3 is 5.11 Å². The molecule has 19 heavy (non-hydrogen) atoms. The van der Waals surface area contributed by atoms with E-state index in [1.165, 1.54) is 56.1 Å². The van der Waals surface area contributed by atoms with Crippen LogP contribution in [-0.4, -0.2) is 5.11 Å². The molecule has 2 fully saturated rings. The Morgan fingerprint density at radius 1 is 1.16 bits per heavy atom. The van der Waals surface area contributed by atoms with Crippen LogP contribution in [0.3, 0.4) is 0 Å². The second kappa shape index (κ2) is 4.01. The van der Waals surface area contributed by atoms with Crippen LogP contribution in [0.2, 0.25) is 0 Å². The van der Waals surface area contributed by atoms with Crippen LogP contribution >= 0.6 is 0 Å². The van der Waals surface area contributed by atoms with E-state index in [0.717, 1.165) is 17.8 Å². The summed E-state index contributed by atoms with van der Waals surface area (Å²) in [6.45, 7) is 2.47. The molecule has 4 atom stereocenters. The number of fused-ring (bicyclic) bond motifs is 1. The predicted molar refractivity (Wildman–Crippen MR) is 77.3 cm³/mol. The number of phenolic OH excluding ortho intramolecular Hbond substituents is 1. The standard InChI is InChI=1S/C18H24O/c1-12-7-9-18-8-3-2-4-16(18)15(12)10-13-5-6-14(19)11-17(13)18/h5-6,11-12,15-16,19H,2-4,7-10H2,1H3/t12?,15-,16-,18+/m1/s1. The Balaban J connectivity index is 1.90. The molecular formula is C18H24O. The van der Waals surface area contributed by atoms with Gasteiger partial charge in [0.1, 0.15) is 5.75 Å². The Hall–Kier alpha value is -0.980. The lowest BCUT2D eigenvalue weighted by atomic mass is 9.47. The number of hydrogen-bond acceptors (Lipinski definition) is 1. The van der Waals surface area contributed by atoms with Crippen molar-refractivity contribution in [1.29, 1.82) is 0 Å². The van der Waals surface area contributed by atoms with Crippen molar-refractivity contribution in [3.05, 3.63) is 29.3 Å². The van der Waals surface area contributed by atoms with Crippen molar-refractivity contribution in [1.82, 2.24) is 0 Å². The van der Waals surface area contributed by atoms with E-state index in [1.807, 2.05) is 6.07 Å². The zero-order chi connectivity index (χ0) is 13.0. The molecule has 1 nitrogen and oxygen atoms in total. The lowest BCUT2D eigenvalue weighted by molar-refractivity contribution is 0.0174. The smallest absolute Gasteiger partial charge is 0.115 e. The van der Waals surface area contributed by atoms with E-state index in [2.05, 4.69) is 19.1 Å². The molecule has 3 aliphatic carbocycles. The van der Waals surface area contributed by atoms with Crippen molar-refractivity contribution < 1.29 is 5.11 Å². The monoisotopic (exact) mass is 256 g/mol. The van der Waals surface area contributed by atoms with E-state index in [9.17, 15) is 5.11 Å². The summed E-state index contributed by atoms with van der Waals surface area (Å²) in [7, 11) is 0. The molecule has 0 aromatic heterocycles. The zero-order valence-corrected chi connectivity index (χ0v) is 11.9. The summed E-state index contributed by atoms with van der Waals surface area (Å²) in [4.78, 5) is 0. The summed E-state index contributed by atoms with van der Waals surface area (Å²) in [5.41, 5.74) is 3.47. The second-order valence-corrected chi connectivity index (χ2v) is 7.23. The van der Waals surface area contributed by atoms with Crippen molar-refractivity contribution in [3.8, 4) is 5.75 Å². The van der Waals surface area contributed by atoms with Crippen LogP contribution in [0.15, 0.2) is 18.2 Å². The highest BCUT2D eigenvalue weighted by Gasteiger charge is 2.53. The number of phenols is 1. The highest BCUT2D eigenvalue weighted by molar-refractivity contribution is 5.44. The van der Waals surface area contributed by atoms with Gasteiger partial charge in [-0.3, -0.25) is 0 Å². The summed E-state index contributed by atoms with van der Waals surface area (Å²) in [5, 5.41) is 9.92. The third-order valence-corrected chi connectivity index (χ3v) is 6.48. The van der Waals surface area contributed by atoms with E-state index in [0.29, 0.717) is 11.2 Å². The normalized spacial score (nSPS) is 40.4. The van der Waals surface area contributed by atoms with Gasteiger partial charge in [-0.2, -0.15) is 0 Å². The number of benzene rings is 1. The molecule has 0 aliphatic heterocycles. The van der Waals surface area contributed by atoms with Gasteiger partial charge >= 0.3 is 0 Å². The van der Waals surface area contributed by atoms with Gasteiger partial charge in [0.15, 0.2) is 0 Å². The molecule has 1 aromatic carbocycles. The molecule has 0 radical (unpaired) electrons. The third kappa shape index (κ3) is 1.53. The molecule has 2 saturated carbocycles. The lowest BCUT2D eigenvalue weighted by Crippen LogP contribution is -2.51. The zero-order valence-electron chi connectivity index (χ0n) is 11.9. The molecule has 1 heteroatoms. The van der Waals surface area contributed by atoms with E-state index in [1.54, 1.807) is 0 Å². The maximum Gasteiger partial charge on any atom is 0.115 e. The first-order valence-electron chi connectivity index (χ1n) is 8.03. The first kappa shape index (κ1) is 11.8. The minimum atomic E-state index is 0.418. The average molecular weight is 256 g/mol. The Morgan fingerprint density at radius 3 is 2.95 bits per heavy atom. The topological polar surface area (TPSA) is 20.2 Å². The van der Waals surface area contributed by atoms with Gasteiger partial charge in [0.2, 0.25) is 0 Å². The van der Waals surface area contributed by atoms with Crippen LogP contribution in [0.4, 0.5) is 0 Å². The average Bonchev–Trinajstić information content (AvgIpc) is 2.43. The Morgan fingerprint density at radius 2 is 2.05 bits per heavy atom. The second-order valence-electron chi connectivity index (χ2n) is 7.23. The van der Waals surface area contributed by atoms with E-state index in [-0.39, 0.29) is 0 Å². The fraction of sp³-hybridized carbons (Fsp3) is 0.667. The summed E-state index contributed by atoms with van der Waals surface area (Å²) < 4.78 is 0. The first-order valence-corrected chi connectivity index (χ1v) is 8.03. The molecule has 2 bridgehead atoms. The molecule has 0 spiro atoms. The highest BCUT2D eigenvalue weighted by Crippen LogP contribution is 2.60. The SMILES string of the molecule is CC1CC[C@@]23CCCC[C@@H]2[C@@H]1Cc1ccc(O)cc13. The largest absolute Gasteiger partial charge is 0.508 e. The molecule has 0 heterocycles. The van der Waals surface area contributed by atoms with Gasteiger partial charge in [-0.1, -0.05) is 25.8 Å². The predicted octanol–water partition coefficient (Wildman–Crippen LogP) is 4.42. The highest BCUT2D eigenvalue weighted by atomic mass is 16.3. The van der Waals surface area contributed by atoms with Crippen molar-refractivity contribution in [3.63, 3.8) is 0 Å². The van der Waals surface area contributed by atoms with Gasteiger partial charge in [-0.15, -0.1) is 0 Å². The number of hydrogen-bond donors (Lipinski definition) is 1. The van der Waals surface area contributed by atoms with Gasteiger partial charge in [0, 0.05) is 0 Å². The van der Waals surface area contributed by atoms with Crippen LogP contribution in [0.5, 0.6) is 5.75 Å². The Bertz CT molecular complexity index is 506. The van der Waals surface area contributed by atoms with Gasteiger partial charge in [0.25, 0.3) is 0 Å². The molecule has 1 N–H and O–H groups in total. The van der Waals surface area contributed by atoms with Gasteiger partial charge in [-0.25, -0.2) is 0 Å². The fourth-order valence-corrected chi connectivity index (χ4v) is 5.57. The maximum atomic E-state index is 9.92. The molecule has 4 rings (SSSR count). The minimum absolute atomic E-state index is 0.418. The van der Waals surface area contributed by atoms with Crippen LogP contribution in [-0.2, 0) is 11.8 Å². The quantitative estimate of drug-likeness (QED) is 0.728. The van der Waals surface area contributed by atoms with Crippen molar-refractivity contribution in [2.45, 2.75) is 57.3 Å². The van der Waals surface area contributed by atoms with Crippen LogP contribution in [0.25, 0.3) is 0 Å². The summed E-state index contributed by atoms with van der Waals surface area (Å²) in [5.74, 6) is 3.14. The summed E-state index contributed by atoms with van der Waals surface area (Å²) in [6, 6.07) is 6.18. The van der Waals surface area contributed by atoms with Gasteiger partial charge in [-0.05, 0) is 78.5 Å². The van der Waals surface area contributed by atoms with Crippen molar-refractivity contribution >= 4 is 0 Å². The first-order chi connectivity index (χ1) is 9.21. The molecular weight excluding hydrogens is 232 g/mol. The molecule has 1 unspecified atom stereocenters. The molecule has 1 aromatic rings. The Labute approximate surface area is 116 Å². The Kier molecular flexibility index (Phi) is 2.49. The molecule has 0 saturated heterocycles. The maximum absolute atomic E-state index is 9.92. The molecule has 3 aliphatic rings. The lowest BCUT2D eigenvalue weighted by Gasteiger charge is -2.57. The third-order valence-electron chi connectivity index (χ3n) is 6.48. The fourth-order valence-electron chi connectivity index (χ4n) is 5.57. The molecule has 0 amide bonds. The number of aromatic hydroxyl groups is 1. The van der Waals surface area contributed by atoms with Crippen LogP contribution < -0.4 is 0 Å². The van der Waals surface area contributed by atoms with Gasteiger partial charge in [0.05, 0.1) is 0 Å². The molecule has 102 valence electrons. The van der Waals surface area contributed by atoms with Crippen molar-refractivity contribution in [2.24, 2.45) is 17.8 Å². The van der Waals surface area contributed by atoms with E-state index >= 15 is 0 Å². The van der Waals surface area contributed by atoms with Crippen LogP contribution in [0, 0.1) is 17.8 Å². The van der Waals surface area contributed by atoms with Crippen molar-refractivity contribution in [2.75, 3.05) is 0 Å². The van der Waals surface area contributed by atoms with Crippen LogP contribution in [0.1, 0.15) is 56.6 Å². The summed E-state index contributed by atoms with van der Waals surface area (Å²) in [6.07, 6.45) is 9.57. The summed E-state index contributed by atoms with van der Waals surface area (Å²) >= 11 is 0. The van der Waals surface area contributed by atoms with E-state index in [4.69, 9.17) is 0 Å². The van der Waals surface area contributed by atoms with E-state index < -0.39 is 0 Å². The number of rotatable bonds is 0. The minimum Gasteiger partial charge on any atom is -0.508 e.